The fraction of sp³-hybridized carbons (Fsp3) is 0.600. The molecule has 1 aromatic rings. The zero-order valence-electron chi connectivity index (χ0n) is 10.3. The van der Waals surface area contributed by atoms with E-state index >= 15 is 0 Å². The van der Waals surface area contributed by atoms with Gasteiger partial charge in [0.05, 0.1) is 6.10 Å². The summed E-state index contributed by atoms with van der Waals surface area (Å²) in [5.41, 5.74) is 2.94. The minimum absolute atomic E-state index is 0.127. The number of rotatable bonds is 5. The Labute approximate surface area is 98.5 Å². The Balaban J connectivity index is 1.89. The Bertz CT molecular complexity index is 345. The van der Waals surface area contributed by atoms with Gasteiger partial charge in [-0.05, 0) is 42.2 Å². The molecule has 0 aliphatic heterocycles. The van der Waals surface area contributed by atoms with E-state index in [1.54, 1.807) is 0 Å². The molecule has 0 spiro atoms. The van der Waals surface area contributed by atoms with Gasteiger partial charge in [0.15, 0.2) is 0 Å². The second kappa shape index (κ2) is 5.01. The summed E-state index contributed by atoms with van der Waals surface area (Å²) in [6, 6.07) is 8.62. The van der Waals surface area contributed by atoms with E-state index in [2.05, 4.69) is 38.1 Å². The van der Waals surface area contributed by atoms with Crippen LogP contribution in [0.4, 0.5) is 0 Å². The van der Waals surface area contributed by atoms with E-state index in [1.807, 2.05) is 0 Å². The number of hydrogen-bond acceptors (Lipinski definition) is 1. The summed E-state index contributed by atoms with van der Waals surface area (Å²) in [6.07, 6.45) is 4.28. The molecule has 1 heteroatoms. The van der Waals surface area contributed by atoms with Gasteiger partial charge in [0.1, 0.15) is 0 Å². The van der Waals surface area contributed by atoms with Crippen LogP contribution in [0.15, 0.2) is 24.3 Å². The fourth-order valence-electron chi connectivity index (χ4n) is 2.74. The Morgan fingerprint density at radius 2 is 2.12 bits per heavy atom. The first-order valence-electron chi connectivity index (χ1n) is 6.48. The van der Waals surface area contributed by atoms with Crippen molar-refractivity contribution < 1.29 is 5.11 Å². The van der Waals surface area contributed by atoms with Crippen LogP contribution in [-0.4, -0.2) is 11.2 Å². The van der Waals surface area contributed by atoms with Crippen LogP contribution in [0.25, 0.3) is 0 Å². The maximum atomic E-state index is 10.1. The second-order valence-corrected chi connectivity index (χ2v) is 5.17. The van der Waals surface area contributed by atoms with Crippen molar-refractivity contribution in [1.82, 2.24) is 0 Å². The predicted molar refractivity (Wildman–Crippen MR) is 67.6 cm³/mol. The molecule has 0 fully saturated rings. The van der Waals surface area contributed by atoms with Crippen molar-refractivity contribution in [3.8, 4) is 0 Å². The first-order valence-corrected chi connectivity index (χ1v) is 6.48. The third-order valence-corrected chi connectivity index (χ3v) is 3.89. The van der Waals surface area contributed by atoms with E-state index in [9.17, 15) is 5.11 Å². The Hall–Kier alpha value is -0.820. The SMILES string of the molecule is CCCC(C)C(O)CC1Cc2ccccc21. The van der Waals surface area contributed by atoms with E-state index in [4.69, 9.17) is 0 Å². The number of aliphatic hydroxyl groups is 1. The highest BCUT2D eigenvalue weighted by Crippen LogP contribution is 2.39. The summed E-state index contributed by atoms with van der Waals surface area (Å²) in [6.45, 7) is 4.35. The number of hydrogen-bond donors (Lipinski definition) is 1. The van der Waals surface area contributed by atoms with Gasteiger partial charge in [-0.1, -0.05) is 44.5 Å². The summed E-state index contributed by atoms with van der Waals surface area (Å²) < 4.78 is 0. The molecule has 2 rings (SSSR count). The van der Waals surface area contributed by atoms with E-state index in [-0.39, 0.29) is 6.10 Å². The third-order valence-electron chi connectivity index (χ3n) is 3.89. The normalized spacial score (nSPS) is 22.1. The van der Waals surface area contributed by atoms with Crippen LogP contribution < -0.4 is 0 Å². The topological polar surface area (TPSA) is 20.2 Å². The van der Waals surface area contributed by atoms with Gasteiger partial charge in [0.25, 0.3) is 0 Å². The van der Waals surface area contributed by atoms with Crippen LogP contribution >= 0.6 is 0 Å². The molecule has 0 amide bonds. The fourth-order valence-corrected chi connectivity index (χ4v) is 2.74. The lowest BCUT2D eigenvalue weighted by Crippen LogP contribution is -2.26. The van der Waals surface area contributed by atoms with Crippen molar-refractivity contribution in [2.24, 2.45) is 5.92 Å². The van der Waals surface area contributed by atoms with Crippen molar-refractivity contribution in [2.45, 2.75) is 51.6 Å². The molecule has 1 aromatic carbocycles. The quantitative estimate of drug-likeness (QED) is 0.801. The standard InChI is InChI=1S/C15H22O/c1-3-6-11(2)15(16)10-13-9-12-7-4-5-8-14(12)13/h4-5,7-8,11,13,15-16H,3,6,9-10H2,1-2H3. The average Bonchev–Trinajstić information content (AvgIpc) is 2.26. The molecule has 0 saturated carbocycles. The molecule has 0 bridgehead atoms. The number of fused-ring (bicyclic) bond motifs is 1. The molecule has 1 aliphatic rings. The van der Waals surface area contributed by atoms with Crippen LogP contribution in [0.2, 0.25) is 0 Å². The van der Waals surface area contributed by atoms with E-state index < -0.39 is 0 Å². The lowest BCUT2D eigenvalue weighted by Gasteiger charge is -2.33. The van der Waals surface area contributed by atoms with Crippen molar-refractivity contribution in [1.29, 1.82) is 0 Å². The molecule has 1 nitrogen and oxygen atoms in total. The number of benzene rings is 1. The Morgan fingerprint density at radius 3 is 2.81 bits per heavy atom. The zero-order valence-corrected chi connectivity index (χ0v) is 10.3. The van der Waals surface area contributed by atoms with Crippen molar-refractivity contribution in [3.63, 3.8) is 0 Å². The molecule has 0 aromatic heterocycles. The Morgan fingerprint density at radius 1 is 1.38 bits per heavy atom. The first kappa shape index (κ1) is 11.7. The molecular weight excluding hydrogens is 196 g/mol. The highest BCUT2D eigenvalue weighted by Gasteiger charge is 2.28. The third kappa shape index (κ3) is 2.30. The molecule has 0 radical (unpaired) electrons. The van der Waals surface area contributed by atoms with Crippen LogP contribution in [-0.2, 0) is 6.42 Å². The monoisotopic (exact) mass is 218 g/mol. The molecular formula is C15H22O. The van der Waals surface area contributed by atoms with Crippen molar-refractivity contribution >= 4 is 0 Å². The maximum Gasteiger partial charge on any atom is 0.0571 e. The van der Waals surface area contributed by atoms with Crippen LogP contribution in [0.1, 0.15) is 50.2 Å². The van der Waals surface area contributed by atoms with Gasteiger partial charge in [-0.3, -0.25) is 0 Å². The second-order valence-electron chi connectivity index (χ2n) is 5.17. The van der Waals surface area contributed by atoms with Gasteiger partial charge in [-0.2, -0.15) is 0 Å². The smallest absolute Gasteiger partial charge is 0.0571 e. The van der Waals surface area contributed by atoms with Crippen molar-refractivity contribution in [2.75, 3.05) is 0 Å². The van der Waals surface area contributed by atoms with E-state index in [0.717, 1.165) is 19.3 Å². The van der Waals surface area contributed by atoms with Gasteiger partial charge in [-0.15, -0.1) is 0 Å². The molecule has 16 heavy (non-hydrogen) atoms. The first-order chi connectivity index (χ1) is 7.72. The lowest BCUT2D eigenvalue weighted by molar-refractivity contribution is 0.0923. The van der Waals surface area contributed by atoms with Crippen LogP contribution in [0.3, 0.4) is 0 Å². The summed E-state index contributed by atoms with van der Waals surface area (Å²) >= 11 is 0. The minimum atomic E-state index is -0.127. The van der Waals surface area contributed by atoms with Gasteiger partial charge in [0, 0.05) is 0 Å². The van der Waals surface area contributed by atoms with Crippen LogP contribution in [0.5, 0.6) is 0 Å². The lowest BCUT2D eigenvalue weighted by atomic mass is 9.73. The zero-order chi connectivity index (χ0) is 11.5. The van der Waals surface area contributed by atoms with Gasteiger partial charge in [0.2, 0.25) is 0 Å². The van der Waals surface area contributed by atoms with Crippen LogP contribution in [0, 0.1) is 5.92 Å². The molecule has 0 saturated heterocycles. The molecule has 88 valence electrons. The van der Waals surface area contributed by atoms with Crippen molar-refractivity contribution in [3.05, 3.63) is 35.4 Å². The highest BCUT2D eigenvalue weighted by molar-refractivity contribution is 5.39. The number of aliphatic hydroxyl groups excluding tert-OH is 1. The summed E-state index contributed by atoms with van der Waals surface area (Å²) in [5, 5.41) is 10.1. The minimum Gasteiger partial charge on any atom is -0.393 e. The average molecular weight is 218 g/mol. The highest BCUT2D eigenvalue weighted by atomic mass is 16.3. The molecule has 1 N–H and O–H groups in total. The molecule has 0 heterocycles. The summed E-state index contributed by atoms with van der Waals surface area (Å²) in [4.78, 5) is 0. The maximum absolute atomic E-state index is 10.1. The van der Waals surface area contributed by atoms with E-state index in [0.29, 0.717) is 11.8 Å². The summed E-state index contributed by atoms with van der Waals surface area (Å²) in [7, 11) is 0. The Kier molecular flexibility index (Phi) is 3.65. The summed E-state index contributed by atoms with van der Waals surface area (Å²) in [5.74, 6) is 1.04. The predicted octanol–water partition coefficient (Wildman–Crippen LogP) is 3.51. The molecule has 3 unspecified atom stereocenters. The molecule has 3 atom stereocenters. The van der Waals surface area contributed by atoms with E-state index in [1.165, 1.54) is 17.5 Å². The largest absolute Gasteiger partial charge is 0.393 e. The van der Waals surface area contributed by atoms with Gasteiger partial charge >= 0.3 is 0 Å². The molecule has 1 aliphatic carbocycles. The van der Waals surface area contributed by atoms with Gasteiger partial charge in [-0.25, -0.2) is 0 Å². The van der Waals surface area contributed by atoms with Gasteiger partial charge < -0.3 is 5.11 Å².